The summed E-state index contributed by atoms with van der Waals surface area (Å²) in [5.74, 6) is 0.869. The molecule has 1 aliphatic heterocycles. The Labute approximate surface area is 101 Å². The van der Waals surface area contributed by atoms with Crippen molar-refractivity contribution < 1.29 is 9.84 Å². The van der Waals surface area contributed by atoms with E-state index < -0.39 is 6.10 Å². The summed E-state index contributed by atoms with van der Waals surface area (Å²) in [6, 6.07) is 12.2. The van der Waals surface area contributed by atoms with Crippen molar-refractivity contribution in [2.45, 2.75) is 32.0 Å². The first-order chi connectivity index (χ1) is 8.31. The molecule has 0 radical (unpaired) electrons. The number of hydrogen-bond donors (Lipinski definition) is 1. The fraction of sp³-hybridized carbons (Fsp3) is 0.333. The second kappa shape index (κ2) is 4.04. The third-order valence-corrected chi connectivity index (χ3v) is 3.42. The molecule has 3 rings (SSSR count). The molecule has 0 aromatic heterocycles. The van der Waals surface area contributed by atoms with Gasteiger partial charge in [-0.1, -0.05) is 49.7 Å². The van der Waals surface area contributed by atoms with E-state index in [0.29, 0.717) is 0 Å². The van der Waals surface area contributed by atoms with Crippen molar-refractivity contribution >= 4 is 10.8 Å². The molecule has 0 spiro atoms. The molecule has 1 N–H and O–H groups in total. The lowest BCUT2D eigenvalue weighted by atomic mass is 10.0. The van der Waals surface area contributed by atoms with Gasteiger partial charge in [0, 0.05) is 10.9 Å². The first kappa shape index (κ1) is 10.6. The van der Waals surface area contributed by atoms with Gasteiger partial charge < -0.3 is 9.84 Å². The molecular weight excluding hydrogens is 212 g/mol. The van der Waals surface area contributed by atoms with Crippen LogP contribution < -0.4 is 4.74 Å². The minimum absolute atomic E-state index is 0.0826. The molecule has 0 aliphatic carbocycles. The molecule has 1 heterocycles. The average molecular weight is 228 g/mol. The van der Waals surface area contributed by atoms with Crippen molar-refractivity contribution in [2.75, 3.05) is 0 Å². The predicted octanol–water partition coefficient (Wildman–Crippen LogP) is 3.43. The van der Waals surface area contributed by atoms with Gasteiger partial charge in [0.25, 0.3) is 0 Å². The van der Waals surface area contributed by atoms with Crippen LogP contribution in [-0.2, 0) is 0 Å². The van der Waals surface area contributed by atoms with Crippen molar-refractivity contribution in [3.05, 3.63) is 42.0 Å². The Balaban J connectivity index is 2.12. The summed E-state index contributed by atoms with van der Waals surface area (Å²) in [5.41, 5.74) is 0.933. The maximum absolute atomic E-state index is 10.2. The van der Waals surface area contributed by atoms with Crippen LogP contribution in [0.25, 0.3) is 10.8 Å². The standard InChI is InChI=1S/C15H16O2/c1-2-5-13-14(16)12-9-8-10-6-3-4-7-11(10)15(12)17-13/h3-4,6-9,13-14,16H,2,5H2,1H3. The molecule has 2 atom stereocenters. The summed E-state index contributed by atoms with van der Waals surface area (Å²) < 4.78 is 5.92. The Kier molecular flexibility index (Phi) is 2.52. The van der Waals surface area contributed by atoms with Gasteiger partial charge in [0.1, 0.15) is 18.0 Å². The summed E-state index contributed by atoms with van der Waals surface area (Å²) in [4.78, 5) is 0. The van der Waals surface area contributed by atoms with E-state index in [9.17, 15) is 5.11 Å². The minimum atomic E-state index is -0.477. The van der Waals surface area contributed by atoms with Gasteiger partial charge >= 0.3 is 0 Å². The number of ether oxygens (including phenoxy) is 1. The van der Waals surface area contributed by atoms with Crippen molar-refractivity contribution in [1.29, 1.82) is 0 Å². The first-order valence-electron chi connectivity index (χ1n) is 6.17. The fourth-order valence-electron chi connectivity index (χ4n) is 2.54. The Bertz CT molecular complexity index is 548. The lowest BCUT2D eigenvalue weighted by Gasteiger charge is -2.12. The van der Waals surface area contributed by atoms with E-state index in [0.717, 1.165) is 34.9 Å². The van der Waals surface area contributed by atoms with Gasteiger partial charge in [-0.15, -0.1) is 0 Å². The molecule has 2 aromatic carbocycles. The molecule has 1 aliphatic rings. The lowest BCUT2D eigenvalue weighted by Crippen LogP contribution is -2.17. The first-order valence-corrected chi connectivity index (χ1v) is 6.17. The Morgan fingerprint density at radius 1 is 1.18 bits per heavy atom. The SMILES string of the molecule is CCCC1Oc2c(ccc3ccccc23)C1O. The maximum atomic E-state index is 10.2. The number of aliphatic hydroxyl groups is 1. The van der Waals surface area contributed by atoms with E-state index >= 15 is 0 Å². The summed E-state index contributed by atoms with van der Waals surface area (Å²) in [6.07, 6.45) is 1.35. The van der Waals surface area contributed by atoms with Crippen molar-refractivity contribution in [3.63, 3.8) is 0 Å². The minimum Gasteiger partial charge on any atom is -0.486 e. The van der Waals surface area contributed by atoms with Gasteiger partial charge in [-0.05, 0) is 11.8 Å². The van der Waals surface area contributed by atoms with E-state index in [2.05, 4.69) is 25.1 Å². The van der Waals surface area contributed by atoms with Gasteiger partial charge in [-0.3, -0.25) is 0 Å². The van der Waals surface area contributed by atoms with Crippen LogP contribution in [0.5, 0.6) is 5.75 Å². The third-order valence-electron chi connectivity index (χ3n) is 3.42. The summed E-state index contributed by atoms with van der Waals surface area (Å²) in [5, 5.41) is 12.5. The zero-order chi connectivity index (χ0) is 11.8. The molecule has 88 valence electrons. The number of benzene rings is 2. The summed E-state index contributed by atoms with van der Waals surface area (Å²) >= 11 is 0. The Hall–Kier alpha value is -1.54. The van der Waals surface area contributed by atoms with Crippen LogP contribution in [0.2, 0.25) is 0 Å². The van der Waals surface area contributed by atoms with Gasteiger partial charge in [0.2, 0.25) is 0 Å². The summed E-state index contributed by atoms with van der Waals surface area (Å²) in [6.45, 7) is 2.11. The van der Waals surface area contributed by atoms with E-state index in [1.165, 1.54) is 0 Å². The second-order valence-electron chi connectivity index (χ2n) is 4.59. The number of rotatable bonds is 2. The van der Waals surface area contributed by atoms with E-state index in [1.807, 2.05) is 18.2 Å². The van der Waals surface area contributed by atoms with E-state index in [4.69, 9.17) is 4.74 Å². The highest BCUT2D eigenvalue weighted by atomic mass is 16.5. The molecule has 0 fully saturated rings. The molecule has 2 nitrogen and oxygen atoms in total. The lowest BCUT2D eigenvalue weighted by molar-refractivity contribution is 0.0621. The number of aliphatic hydroxyl groups excluding tert-OH is 1. The maximum Gasteiger partial charge on any atom is 0.133 e. The summed E-state index contributed by atoms with van der Waals surface area (Å²) in [7, 11) is 0. The molecule has 2 heteroatoms. The molecule has 2 unspecified atom stereocenters. The molecule has 0 amide bonds. The van der Waals surface area contributed by atoms with Crippen LogP contribution in [0.4, 0.5) is 0 Å². The topological polar surface area (TPSA) is 29.5 Å². The van der Waals surface area contributed by atoms with Crippen LogP contribution in [-0.4, -0.2) is 11.2 Å². The van der Waals surface area contributed by atoms with E-state index in [-0.39, 0.29) is 6.10 Å². The highest BCUT2D eigenvalue weighted by Crippen LogP contribution is 2.42. The van der Waals surface area contributed by atoms with Crippen LogP contribution in [0.3, 0.4) is 0 Å². The van der Waals surface area contributed by atoms with Crippen LogP contribution in [0.15, 0.2) is 36.4 Å². The van der Waals surface area contributed by atoms with Crippen LogP contribution >= 0.6 is 0 Å². The largest absolute Gasteiger partial charge is 0.486 e. The Morgan fingerprint density at radius 3 is 2.82 bits per heavy atom. The highest BCUT2D eigenvalue weighted by molar-refractivity contribution is 5.90. The fourth-order valence-corrected chi connectivity index (χ4v) is 2.54. The third kappa shape index (κ3) is 1.60. The molecule has 17 heavy (non-hydrogen) atoms. The number of hydrogen-bond acceptors (Lipinski definition) is 2. The van der Waals surface area contributed by atoms with Crippen LogP contribution in [0.1, 0.15) is 31.4 Å². The monoisotopic (exact) mass is 228 g/mol. The van der Waals surface area contributed by atoms with Crippen molar-refractivity contribution in [1.82, 2.24) is 0 Å². The van der Waals surface area contributed by atoms with Gasteiger partial charge in [-0.25, -0.2) is 0 Å². The zero-order valence-corrected chi connectivity index (χ0v) is 9.89. The average Bonchev–Trinajstić information content (AvgIpc) is 2.68. The van der Waals surface area contributed by atoms with Crippen molar-refractivity contribution in [2.24, 2.45) is 0 Å². The molecule has 0 saturated carbocycles. The Morgan fingerprint density at radius 2 is 2.00 bits per heavy atom. The van der Waals surface area contributed by atoms with E-state index in [1.54, 1.807) is 0 Å². The zero-order valence-electron chi connectivity index (χ0n) is 9.89. The van der Waals surface area contributed by atoms with Gasteiger partial charge in [0.15, 0.2) is 0 Å². The normalized spacial score (nSPS) is 22.5. The smallest absolute Gasteiger partial charge is 0.133 e. The molecule has 0 bridgehead atoms. The molecular formula is C15H16O2. The molecule has 2 aromatic rings. The highest BCUT2D eigenvalue weighted by Gasteiger charge is 2.33. The van der Waals surface area contributed by atoms with Crippen molar-refractivity contribution in [3.8, 4) is 5.75 Å². The number of fused-ring (bicyclic) bond motifs is 3. The van der Waals surface area contributed by atoms with Gasteiger partial charge in [0.05, 0.1) is 0 Å². The van der Waals surface area contributed by atoms with Crippen LogP contribution in [0, 0.1) is 0 Å². The second-order valence-corrected chi connectivity index (χ2v) is 4.59. The molecule has 0 saturated heterocycles. The quantitative estimate of drug-likeness (QED) is 0.853. The van der Waals surface area contributed by atoms with Gasteiger partial charge in [-0.2, -0.15) is 0 Å². The predicted molar refractivity (Wildman–Crippen MR) is 68.2 cm³/mol.